The van der Waals surface area contributed by atoms with Gasteiger partial charge in [0, 0.05) is 0 Å². The number of imidazole rings is 1. The van der Waals surface area contributed by atoms with Gasteiger partial charge >= 0.3 is 15.2 Å². The van der Waals surface area contributed by atoms with E-state index in [2.05, 4.69) is 6.92 Å². The number of hydrogen-bond acceptors (Lipinski definition) is 2. The van der Waals surface area contributed by atoms with Crippen LogP contribution < -0.4 is 4.57 Å². The number of rotatable bonds is 16. The zero-order valence-electron chi connectivity index (χ0n) is 16.9. The molecule has 0 fully saturated rings. The maximum atomic E-state index is 11.4. The molecule has 1 heterocycles. The van der Waals surface area contributed by atoms with Crippen molar-refractivity contribution >= 4 is 15.2 Å². The van der Waals surface area contributed by atoms with E-state index in [4.69, 9.17) is 0 Å². The maximum absolute atomic E-state index is 11.4. The quantitative estimate of drug-likeness (QED) is 0.177. The average molecular weight is 439 g/mol. The molecule has 0 saturated heterocycles. The lowest BCUT2D eigenvalue weighted by molar-refractivity contribution is -0.694. The number of hydrogen-bond donors (Lipinski definition) is 4. The Morgan fingerprint density at radius 1 is 0.821 bits per heavy atom. The van der Waals surface area contributed by atoms with Gasteiger partial charge in [-0.3, -0.25) is 9.13 Å². The van der Waals surface area contributed by atoms with E-state index in [1.165, 1.54) is 62.4 Å². The van der Waals surface area contributed by atoms with Crippen molar-refractivity contribution in [2.75, 3.05) is 0 Å². The van der Waals surface area contributed by atoms with Crippen molar-refractivity contribution in [2.24, 2.45) is 0 Å². The molecule has 1 aromatic heterocycles. The van der Waals surface area contributed by atoms with E-state index in [9.17, 15) is 28.7 Å². The van der Waals surface area contributed by atoms with Crippen LogP contribution in [0.2, 0.25) is 0 Å². The van der Waals surface area contributed by atoms with Gasteiger partial charge in [-0.25, -0.2) is 9.13 Å². The largest absolute Gasteiger partial charge is 0.344 e. The van der Waals surface area contributed by atoms with Crippen LogP contribution in [0.1, 0.15) is 77.6 Å². The van der Waals surface area contributed by atoms with E-state index in [-0.39, 0.29) is 0 Å². The summed E-state index contributed by atoms with van der Waals surface area (Å²) in [6, 6.07) is 0. The SMILES string of the molecule is CCCCCCCCCCCCCn1cc[n+](CC(P(=O)(O)O)P(=O)(O)O)c1. The van der Waals surface area contributed by atoms with Gasteiger partial charge in [-0.15, -0.1) is 0 Å². The van der Waals surface area contributed by atoms with Crippen molar-refractivity contribution in [3.63, 3.8) is 0 Å². The van der Waals surface area contributed by atoms with Crippen LogP contribution in [0.5, 0.6) is 0 Å². The fourth-order valence-electron chi connectivity index (χ4n) is 3.23. The van der Waals surface area contributed by atoms with Crippen molar-refractivity contribution in [1.82, 2.24) is 4.57 Å². The van der Waals surface area contributed by atoms with Gasteiger partial charge in [0.15, 0.2) is 5.40 Å². The second kappa shape index (κ2) is 12.9. The summed E-state index contributed by atoms with van der Waals surface area (Å²) < 4.78 is 26.0. The third kappa shape index (κ3) is 10.9. The van der Waals surface area contributed by atoms with Gasteiger partial charge in [-0.1, -0.05) is 64.7 Å². The normalized spacial score (nSPS) is 12.8. The molecule has 0 radical (unpaired) electrons. The van der Waals surface area contributed by atoms with Gasteiger partial charge in [0.2, 0.25) is 6.33 Å². The molecule has 0 aromatic carbocycles. The Kier molecular flexibility index (Phi) is 11.8. The van der Waals surface area contributed by atoms with E-state index in [1.807, 2.05) is 4.57 Å². The summed E-state index contributed by atoms with van der Waals surface area (Å²) in [5.74, 6) is 0. The summed E-state index contributed by atoms with van der Waals surface area (Å²) in [6.07, 6.45) is 18.9. The van der Waals surface area contributed by atoms with Gasteiger partial charge in [-0.05, 0) is 12.8 Å². The van der Waals surface area contributed by atoms with Crippen LogP contribution in [0.15, 0.2) is 18.7 Å². The molecule has 0 amide bonds. The molecule has 4 N–H and O–H groups in total. The molecule has 0 aliphatic heterocycles. The Labute approximate surface area is 168 Å². The monoisotopic (exact) mass is 439 g/mol. The molecule has 0 aliphatic carbocycles. The molecule has 0 unspecified atom stereocenters. The molecule has 164 valence electrons. The van der Waals surface area contributed by atoms with Crippen LogP contribution in [0.4, 0.5) is 0 Å². The maximum Gasteiger partial charge on any atom is 0.344 e. The molecule has 0 spiro atoms. The summed E-state index contributed by atoms with van der Waals surface area (Å²) in [7, 11) is -9.79. The molecule has 10 heteroatoms. The highest BCUT2D eigenvalue weighted by Crippen LogP contribution is 2.59. The van der Waals surface area contributed by atoms with Gasteiger partial charge in [0.05, 0.1) is 6.54 Å². The summed E-state index contributed by atoms with van der Waals surface area (Å²) in [6.45, 7) is 2.59. The van der Waals surface area contributed by atoms with E-state index in [0.29, 0.717) is 0 Å². The molecule has 0 atom stereocenters. The lowest BCUT2D eigenvalue weighted by atomic mass is 10.1. The predicted molar refractivity (Wildman–Crippen MR) is 109 cm³/mol. The van der Waals surface area contributed by atoms with Crippen molar-refractivity contribution in [3.8, 4) is 0 Å². The zero-order valence-corrected chi connectivity index (χ0v) is 18.7. The highest BCUT2D eigenvalue weighted by molar-refractivity contribution is 7.70. The van der Waals surface area contributed by atoms with Crippen molar-refractivity contribution < 1.29 is 33.3 Å². The predicted octanol–water partition coefficient (Wildman–Crippen LogP) is 3.77. The van der Waals surface area contributed by atoms with E-state index in [0.717, 1.165) is 19.4 Å². The molecule has 1 rings (SSSR count). The molecular formula is C18H37N2O6P2+. The minimum atomic E-state index is -4.89. The topological polar surface area (TPSA) is 124 Å². The first-order valence-electron chi connectivity index (χ1n) is 10.3. The van der Waals surface area contributed by atoms with E-state index in [1.54, 1.807) is 18.7 Å². The molecule has 0 aliphatic rings. The lowest BCUT2D eigenvalue weighted by Crippen LogP contribution is -2.38. The van der Waals surface area contributed by atoms with Crippen molar-refractivity contribution in [1.29, 1.82) is 0 Å². The first-order valence-corrected chi connectivity index (χ1v) is 13.7. The number of aryl methyl sites for hydroxylation is 1. The molecular weight excluding hydrogens is 402 g/mol. The minimum Gasteiger partial charge on any atom is -0.324 e. The van der Waals surface area contributed by atoms with Crippen LogP contribution >= 0.6 is 15.2 Å². The van der Waals surface area contributed by atoms with Crippen LogP contribution in [-0.4, -0.2) is 29.5 Å². The smallest absolute Gasteiger partial charge is 0.324 e. The Balaban J connectivity index is 2.22. The van der Waals surface area contributed by atoms with E-state index >= 15 is 0 Å². The Morgan fingerprint density at radius 2 is 1.29 bits per heavy atom. The third-order valence-electron chi connectivity index (χ3n) is 4.92. The van der Waals surface area contributed by atoms with Crippen LogP contribution in [0, 0.1) is 0 Å². The Morgan fingerprint density at radius 3 is 1.75 bits per heavy atom. The Hall–Kier alpha value is -0.490. The lowest BCUT2D eigenvalue weighted by Gasteiger charge is -2.17. The molecule has 8 nitrogen and oxygen atoms in total. The summed E-state index contributed by atoms with van der Waals surface area (Å²) in [5.41, 5.74) is 0. The van der Waals surface area contributed by atoms with Crippen LogP contribution in [0.3, 0.4) is 0 Å². The highest BCUT2D eigenvalue weighted by Gasteiger charge is 2.45. The second-order valence-electron chi connectivity index (χ2n) is 7.54. The molecule has 0 saturated carbocycles. The summed E-state index contributed by atoms with van der Waals surface area (Å²) >= 11 is 0. The number of unbranched alkanes of at least 4 members (excludes halogenated alkanes) is 10. The highest BCUT2D eigenvalue weighted by atomic mass is 31.2. The van der Waals surface area contributed by atoms with Crippen LogP contribution in [0.25, 0.3) is 0 Å². The zero-order chi connectivity index (χ0) is 21.0. The van der Waals surface area contributed by atoms with E-state index < -0.39 is 27.1 Å². The van der Waals surface area contributed by atoms with Gasteiger partial charge in [0.25, 0.3) is 0 Å². The minimum absolute atomic E-state index is 0.417. The first kappa shape index (κ1) is 25.5. The first-order chi connectivity index (χ1) is 13.1. The Bertz CT molecular complexity index is 618. The molecule has 0 bridgehead atoms. The molecule has 1 aromatic rings. The van der Waals surface area contributed by atoms with Crippen LogP contribution in [-0.2, 0) is 22.2 Å². The second-order valence-corrected chi connectivity index (χ2v) is 11.6. The molecule has 28 heavy (non-hydrogen) atoms. The summed E-state index contributed by atoms with van der Waals surface area (Å²) in [4.78, 5) is 36.8. The van der Waals surface area contributed by atoms with Crippen molar-refractivity contribution in [3.05, 3.63) is 18.7 Å². The fraction of sp³-hybridized carbons (Fsp3) is 0.833. The number of nitrogens with zero attached hydrogens (tertiary/aromatic N) is 2. The van der Waals surface area contributed by atoms with Crippen molar-refractivity contribution in [2.45, 2.75) is 96.0 Å². The average Bonchev–Trinajstić information content (AvgIpc) is 3.03. The van der Waals surface area contributed by atoms with Gasteiger partial charge in [0.1, 0.15) is 18.9 Å². The summed E-state index contributed by atoms with van der Waals surface area (Å²) in [5, 5.41) is -2.01. The third-order valence-corrected chi connectivity index (χ3v) is 8.60. The van der Waals surface area contributed by atoms with Gasteiger partial charge < -0.3 is 19.6 Å². The standard InChI is InChI=1S/C18H36N2O6P2/c1-2-3-4-5-6-7-8-9-10-11-12-13-19-14-15-20(17-19)16-18(27(21,22)23)28(24,25)26/h14-15,17-18H,2-13,16H2,1H3,(H3-,21,22,23,24,25,26)/p+1. The number of aromatic nitrogens is 2. The van der Waals surface area contributed by atoms with Gasteiger partial charge in [-0.2, -0.15) is 0 Å². The fourth-order valence-corrected chi connectivity index (χ4v) is 5.61.